The summed E-state index contributed by atoms with van der Waals surface area (Å²) in [6.07, 6.45) is 5.19. The summed E-state index contributed by atoms with van der Waals surface area (Å²) >= 11 is 0. The molecule has 5 nitrogen and oxygen atoms in total. The van der Waals surface area contributed by atoms with Crippen molar-refractivity contribution in [2.45, 2.75) is 45.4 Å². The van der Waals surface area contributed by atoms with Crippen LogP contribution in [0.4, 0.5) is 0 Å². The Bertz CT molecular complexity index is 699. The van der Waals surface area contributed by atoms with Crippen LogP contribution in [0.3, 0.4) is 0 Å². The predicted molar refractivity (Wildman–Crippen MR) is 99.6 cm³/mol. The van der Waals surface area contributed by atoms with Crippen molar-refractivity contribution < 1.29 is 23.8 Å². The number of ketones is 1. The molecule has 0 saturated heterocycles. The molecule has 26 heavy (non-hydrogen) atoms. The molecule has 1 aromatic rings. The summed E-state index contributed by atoms with van der Waals surface area (Å²) in [5.74, 6) is 1.16. The van der Waals surface area contributed by atoms with Gasteiger partial charge in [0.15, 0.2) is 17.3 Å². The lowest BCUT2D eigenvalue weighted by Crippen LogP contribution is -2.32. The number of methoxy groups -OCH3 is 2. The van der Waals surface area contributed by atoms with Crippen molar-refractivity contribution in [1.82, 2.24) is 0 Å². The molecule has 0 amide bonds. The van der Waals surface area contributed by atoms with Gasteiger partial charge in [-0.15, -0.1) is 0 Å². The van der Waals surface area contributed by atoms with E-state index in [4.69, 9.17) is 14.2 Å². The summed E-state index contributed by atoms with van der Waals surface area (Å²) in [6.45, 7) is 5.76. The van der Waals surface area contributed by atoms with Crippen molar-refractivity contribution in [2.24, 2.45) is 5.41 Å². The van der Waals surface area contributed by atoms with E-state index in [1.165, 1.54) is 0 Å². The maximum absolute atomic E-state index is 12.1. The molecule has 0 fully saturated rings. The highest BCUT2D eigenvalue weighted by Crippen LogP contribution is 2.45. The fourth-order valence-electron chi connectivity index (χ4n) is 3.15. The van der Waals surface area contributed by atoms with E-state index in [1.807, 2.05) is 45.0 Å². The largest absolute Gasteiger partial charge is 0.493 e. The fourth-order valence-corrected chi connectivity index (χ4v) is 3.15. The molecular formula is C21H28O5. The molecule has 0 radical (unpaired) electrons. The number of allylic oxidation sites excluding steroid dienone is 2. The number of rotatable bonds is 6. The van der Waals surface area contributed by atoms with Crippen molar-refractivity contribution >= 4 is 11.8 Å². The molecule has 1 aliphatic rings. The third-order valence-electron chi connectivity index (χ3n) is 4.74. The zero-order valence-corrected chi connectivity index (χ0v) is 16.3. The van der Waals surface area contributed by atoms with Crippen LogP contribution in [0.15, 0.2) is 30.4 Å². The van der Waals surface area contributed by atoms with Crippen molar-refractivity contribution in [3.63, 3.8) is 0 Å². The van der Waals surface area contributed by atoms with E-state index in [1.54, 1.807) is 20.3 Å². The predicted octanol–water partition coefficient (Wildman–Crippen LogP) is 3.84. The average Bonchev–Trinajstić information content (AvgIpc) is 2.62. The Balaban J connectivity index is 2.34. The quantitative estimate of drug-likeness (QED) is 0.721. The van der Waals surface area contributed by atoms with Gasteiger partial charge in [0.1, 0.15) is 0 Å². The summed E-state index contributed by atoms with van der Waals surface area (Å²) in [6, 6.07) is 5.73. The van der Waals surface area contributed by atoms with Crippen LogP contribution in [-0.4, -0.2) is 32.6 Å². The molecule has 1 unspecified atom stereocenters. The molecule has 0 aliphatic heterocycles. The first kappa shape index (κ1) is 20.0. The molecule has 0 aromatic heterocycles. The van der Waals surface area contributed by atoms with Crippen LogP contribution in [0, 0.1) is 5.41 Å². The van der Waals surface area contributed by atoms with Crippen LogP contribution < -0.4 is 9.47 Å². The minimum Gasteiger partial charge on any atom is -0.493 e. The molecule has 0 heterocycles. The SMILES string of the molecule is COc1cccc(C2(CCOC(=O)C(C)(C)C)C=CC(=O)CC2)c1OC. The van der Waals surface area contributed by atoms with Gasteiger partial charge in [-0.25, -0.2) is 0 Å². The van der Waals surface area contributed by atoms with Gasteiger partial charge in [0.2, 0.25) is 0 Å². The Kier molecular flexibility index (Phi) is 6.11. The summed E-state index contributed by atoms with van der Waals surface area (Å²) in [4.78, 5) is 23.8. The second-order valence-corrected chi connectivity index (χ2v) is 7.63. The van der Waals surface area contributed by atoms with E-state index in [0.717, 1.165) is 5.56 Å². The van der Waals surface area contributed by atoms with E-state index < -0.39 is 10.8 Å². The van der Waals surface area contributed by atoms with E-state index in [2.05, 4.69) is 0 Å². The smallest absolute Gasteiger partial charge is 0.311 e. The highest BCUT2D eigenvalue weighted by molar-refractivity contribution is 5.91. The average molecular weight is 360 g/mol. The van der Waals surface area contributed by atoms with Crippen LogP contribution in [0.1, 0.15) is 45.6 Å². The maximum atomic E-state index is 12.1. The minimum absolute atomic E-state index is 0.106. The van der Waals surface area contributed by atoms with Crippen LogP contribution in [0.5, 0.6) is 11.5 Å². The number of hydrogen-bond donors (Lipinski definition) is 0. The normalized spacial score (nSPS) is 20.0. The lowest BCUT2D eigenvalue weighted by atomic mass is 9.70. The lowest BCUT2D eigenvalue weighted by molar-refractivity contribution is -0.153. The van der Waals surface area contributed by atoms with Crippen LogP contribution in [-0.2, 0) is 19.7 Å². The third kappa shape index (κ3) is 4.26. The first-order chi connectivity index (χ1) is 12.2. The van der Waals surface area contributed by atoms with Crippen molar-refractivity contribution in [3.8, 4) is 11.5 Å². The fraction of sp³-hybridized carbons (Fsp3) is 0.524. The molecule has 5 heteroatoms. The molecule has 0 N–H and O–H groups in total. The van der Waals surface area contributed by atoms with Crippen molar-refractivity contribution in [2.75, 3.05) is 20.8 Å². The summed E-state index contributed by atoms with van der Waals surface area (Å²) in [5.41, 5.74) is -0.0413. The topological polar surface area (TPSA) is 61.8 Å². The van der Waals surface area contributed by atoms with Gasteiger partial charge in [0, 0.05) is 17.4 Å². The number of ether oxygens (including phenoxy) is 3. The van der Waals surface area contributed by atoms with Crippen LogP contribution in [0.2, 0.25) is 0 Å². The Labute approximate surface area is 155 Å². The van der Waals surface area contributed by atoms with Gasteiger partial charge in [0.05, 0.1) is 26.2 Å². The highest BCUT2D eigenvalue weighted by Gasteiger charge is 2.36. The summed E-state index contributed by atoms with van der Waals surface area (Å²) in [5, 5.41) is 0. The molecule has 142 valence electrons. The zero-order chi connectivity index (χ0) is 19.4. The van der Waals surface area contributed by atoms with Gasteiger partial charge in [-0.1, -0.05) is 18.2 Å². The molecule has 1 atom stereocenters. The Morgan fingerprint density at radius 3 is 2.46 bits per heavy atom. The van der Waals surface area contributed by atoms with E-state index in [9.17, 15) is 9.59 Å². The molecule has 0 spiro atoms. The van der Waals surface area contributed by atoms with Gasteiger partial charge >= 0.3 is 5.97 Å². The van der Waals surface area contributed by atoms with Gasteiger partial charge in [0.25, 0.3) is 0 Å². The monoisotopic (exact) mass is 360 g/mol. The molecule has 0 saturated carbocycles. The highest BCUT2D eigenvalue weighted by atomic mass is 16.5. The number of para-hydroxylation sites is 1. The Hall–Kier alpha value is -2.30. The first-order valence-electron chi connectivity index (χ1n) is 8.84. The van der Waals surface area contributed by atoms with Gasteiger partial charge in [-0.3, -0.25) is 9.59 Å². The number of benzene rings is 1. The van der Waals surface area contributed by atoms with E-state index in [0.29, 0.717) is 30.8 Å². The van der Waals surface area contributed by atoms with Crippen LogP contribution in [0.25, 0.3) is 0 Å². The van der Waals surface area contributed by atoms with Gasteiger partial charge in [-0.2, -0.15) is 0 Å². The first-order valence-corrected chi connectivity index (χ1v) is 8.84. The van der Waals surface area contributed by atoms with Crippen molar-refractivity contribution in [1.29, 1.82) is 0 Å². The number of carbonyl (C=O) groups excluding carboxylic acids is 2. The van der Waals surface area contributed by atoms with Crippen molar-refractivity contribution in [3.05, 3.63) is 35.9 Å². The Morgan fingerprint density at radius 2 is 1.92 bits per heavy atom. The number of carbonyl (C=O) groups is 2. The molecule has 0 bridgehead atoms. The summed E-state index contributed by atoms with van der Waals surface area (Å²) in [7, 11) is 3.20. The zero-order valence-electron chi connectivity index (χ0n) is 16.3. The Morgan fingerprint density at radius 1 is 1.19 bits per heavy atom. The number of hydrogen-bond acceptors (Lipinski definition) is 5. The second-order valence-electron chi connectivity index (χ2n) is 7.63. The maximum Gasteiger partial charge on any atom is 0.311 e. The van der Waals surface area contributed by atoms with E-state index >= 15 is 0 Å². The van der Waals surface area contributed by atoms with Gasteiger partial charge in [-0.05, 0) is 45.8 Å². The molecule has 1 aromatic carbocycles. The molecule has 1 aliphatic carbocycles. The lowest BCUT2D eigenvalue weighted by Gasteiger charge is -2.35. The minimum atomic E-state index is -0.542. The van der Waals surface area contributed by atoms with E-state index in [-0.39, 0.29) is 18.4 Å². The molecule has 2 rings (SSSR count). The van der Waals surface area contributed by atoms with Gasteiger partial charge < -0.3 is 14.2 Å². The second kappa shape index (κ2) is 7.94. The van der Waals surface area contributed by atoms with Crippen LogP contribution >= 0.6 is 0 Å². The molecular weight excluding hydrogens is 332 g/mol. The standard InChI is InChI=1S/C21H28O5/c1-20(2,3)19(23)26-14-13-21(11-9-15(22)10-12-21)16-7-6-8-17(24-4)18(16)25-5/h6-9,11H,10,12-14H2,1-5H3. The summed E-state index contributed by atoms with van der Waals surface area (Å²) < 4.78 is 16.5. The third-order valence-corrected chi connectivity index (χ3v) is 4.74. The number of esters is 1.